The van der Waals surface area contributed by atoms with Crippen molar-refractivity contribution in [3.63, 3.8) is 0 Å². The molecule has 1 unspecified atom stereocenters. The van der Waals surface area contributed by atoms with E-state index in [0.717, 1.165) is 23.5 Å². The summed E-state index contributed by atoms with van der Waals surface area (Å²) in [6.45, 7) is 2.10. The van der Waals surface area contributed by atoms with Crippen LogP contribution in [0.4, 0.5) is 0 Å². The molecule has 1 atom stereocenters. The molecule has 0 radical (unpaired) electrons. The molecule has 0 aromatic heterocycles. The van der Waals surface area contributed by atoms with Crippen molar-refractivity contribution in [1.29, 1.82) is 5.26 Å². The van der Waals surface area contributed by atoms with Crippen LogP contribution in [0.5, 0.6) is 0 Å². The van der Waals surface area contributed by atoms with Crippen LogP contribution < -0.4 is 5.73 Å². The highest BCUT2D eigenvalue weighted by Gasteiger charge is 2.00. The Labute approximate surface area is 95.5 Å². The van der Waals surface area contributed by atoms with Gasteiger partial charge in [-0.15, -0.1) is 0 Å². The molecule has 0 bridgehead atoms. The molecule has 1 aromatic rings. The van der Waals surface area contributed by atoms with Gasteiger partial charge in [-0.25, -0.2) is 0 Å². The zero-order valence-corrected chi connectivity index (χ0v) is 9.76. The Bertz CT molecular complexity index is 344. The van der Waals surface area contributed by atoms with E-state index in [0.29, 0.717) is 0 Å². The van der Waals surface area contributed by atoms with Crippen LogP contribution in [-0.2, 0) is 5.75 Å². The van der Waals surface area contributed by atoms with Gasteiger partial charge >= 0.3 is 0 Å². The maximum atomic E-state index is 8.74. The average molecular weight is 220 g/mol. The van der Waals surface area contributed by atoms with Gasteiger partial charge in [-0.3, -0.25) is 0 Å². The third kappa shape index (κ3) is 4.37. The van der Waals surface area contributed by atoms with Gasteiger partial charge in [0.2, 0.25) is 0 Å². The number of thioether (sulfide) groups is 1. The molecule has 0 fully saturated rings. The Morgan fingerprint density at radius 1 is 1.53 bits per heavy atom. The first-order valence-electron chi connectivity index (χ1n) is 5.08. The fourth-order valence-electron chi connectivity index (χ4n) is 1.18. The van der Waals surface area contributed by atoms with Gasteiger partial charge in [0, 0.05) is 17.5 Å². The predicted molar refractivity (Wildman–Crippen MR) is 65.6 cm³/mol. The van der Waals surface area contributed by atoms with Gasteiger partial charge in [-0.05, 0) is 24.1 Å². The van der Waals surface area contributed by atoms with Gasteiger partial charge in [0.1, 0.15) is 0 Å². The summed E-state index contributed by atoms with van der Waals surface area (Å²) in [4.78, 5) is 0. The maximum Gasteiger partial charge on any atom is 0.0991 e. The van der Waals surface area contributed by atoms with Gasteiger partial charge in [0.05, 0.1) is 11.6 Å². The summed E-state index contributed by atoms with van der Waals surface area (Å²) in [7, 11) is 0. The highest BCUT2D eigenvalue weighted by Crippen LogP contribution is 2.14. The number of hydrogen-bond donors (Lipinski definition) is 1. The molecule has 3 heteroatoms. The molecule has 0 saturated carbocycles. The summed E-state index contributed by atoms with van der Waals surface area (Å²) in [5.41, 5.74) is 7.75. The lowest BCUT2D eigenvalue weighted by atomic mass is 10.2. The average Bonchev–Trinajstić information content (AvgIpc) is 2.29. The van der Waals surface area contributed by atoms with Crippen LogP contribution in [0.25, 0.3) is 0 Å². The van der Waals surface area contributed by atoms with Gasteiger partial charge in [-0.1, -0.05) is 19.1 Å². The lowest BCUT2D eigenvalue weighted by molar-refractivity contribution is 0.725. The maximum absolute atomic E-state index is 8.74. The molecule has 0 aliphatic heterocycles. The quantitative estimate of drug-likeness (QED) is 0.829. The monoisotopic (exact) mass is 220 g/mol. The summed E-state index contributed by atoms with van der Waals surface area (Å²) in [6, 6.07) is 10.2. The molecule has 1 aromatic carbocycles. The number of nitrogens with two attached hydrogens (primary N) is 1. The standard InChI is InChI=1S/C12H16N2S/c1-2-12(14)9-15-8-11-5-3-4-10(6-11)7-13/h3-6,12H,2,8-9,14H2,1H3. The van der Waals surface area contributed by atoms with Crippen LogP contribution in [0.15, 0.2) is 24.3 Å². The van der Waals surface area contributed by atoms with Crippen molar-refractivity contribution < 1.29 is 0 Å². The first-order valence-corrected chi connectivity index (χ1v) is 6.24. The fraction of sp³-hybridized carbons (Fsp3) is 0.417. The molecule has 0 spiro atoms. The first-order chi connectivity index (χ1) is 7.26. The van der Waals surface area contributed by atoms with E-state index >= 15 is 0 Å². The van der Waals surface area contributed by atoms with Crippen molar-refractivity contribution in [3.05, 3.63) is 35.4 Å². The molecule has 15 heavy (non-hydrogen) atoms. The van der Waals surface area contributed by atoms with E-state index in [9.17, 15) is 0 Å². The molecule has 80 valence electrons. The van der Waals surface area contributed by atoms with Crippen LogP contribution in [0.2, 0.25) is 0 Å². The van der Waals surface area contributed by atoms with Gasteiger partial charge < -0.3 is 5.73 Å². The molecule has 0 aliphatic carbocycles. The molecule has 0 amide bonds. The second-order valence-corrected chi connectivity index (χ2v) is 4.53. The summed E-state index contributed by atoms with van der Waals surface area (Å²) in [5.74, 6) is 1.91. The molecule has 2 N–H and O–H groups in total. The van der Waals surface area contributed by atoms with Crippen molar-refractivity contribution in [3.8, 4) is 6.07 Å². The van der Waals surface area contributed by atoms with E-state index in [4.69, 9.17) is 11.0 Å². The summed E-state index contributed by atoms with van der Waals surface area (Å²) < 4.78 is 0. The number of hydrogen-bond acceptors (Lipinski definition) is 3. The third-order valence-electron chi connectivity index (χ3n) is 2.18. The van der Waals surface area contributed by atoms with E-state index in [2.05, 4.69) is 13.0 Å². The van der Waals surface area contributed by atoms with E-state index in [1.807, 2.05) is 36.0 Å². The summed E-state index contributed by atoms with van der Waals surface area (Å²) >= 11 is 1.82. The van der Waals surface area contributed by atoms with Crippen LogP contribution in [0.3, 0.4) is 0 Å². The minimum atomic E-state index is 0.286. The predicted octanol–water partition coefficient (Wildman–Crippen LogP) is 2.53. The van der Waals surface area contributed by atoms with Crippen LogP contribution in [0, 0.1) is 11.3 Å². The van der Waals surface area contributed by atoms with E-state index in [1.165, 1.54) is 5.56 Å². The second-order valence-electron chi connectivity index (χ2n) is 3.50. The topological polar surface area (TPSA) is 49.8 Å². The second kappa shape index (κ2) is 6.49. The lowest BCUT2D eigenvalue weighted by Gasteiger charge is -2.07. The van der Waals surface area contributed by atoms with Crippen molar-refractivity contribution in [2.75, 3.05) is 5.75 Å². The SMILES string of the molecule is CCC(N)CSCc1cccc(C#N)c1. The summed E-state index contributed by atoms with van der Waals surface area (Å²) in [5, 5.41) is 8.74. The largest absolute Gasteiger partial charge is 0.327 e. The minimum absolute atomic E-state index is 0.286. The molecule has 0 saturated heterocycles. The van der Waals surface area contributed by atoms with E-state index in [1.54, 1.807) is 0 Å². The van der Waals surface area contributed by atoms with Gasteiger partial charge in [0.15, 0.2) is 0 Å². The molecular weight excluding hydrogens is 204 g/mol. The van der Waals surface area contributed by atoms with Crippen LogP contribution >= 0.6 is 11.8 Å². The van der Waals surface area contributed by atoms with Crippen molar-refractivity contribution in [2.24, 2.45) is 5.73 Å². The Morgan fingerprint density at radius 2 is 2.33 bits per heavy atom. The van der Waals surface area contributed by atoms with E-state index < -0.39 is 0 Å². The molecule has 0 heterocycles. The zero-order valence-electron chi connectivity index (χ0n) is 8.94. The Morgan fingerprint density at radius 3 is 3.00 bits per heavy atom. The Balaban J connectivity index is 2.41. The number of benzene rings is 1. The van der Waals surface area contributed by atoms with Gasteiger partial charge in [0.25, 0.3) is 0 Å². The highest BCUT2D eigenvalue weighted by atomic mass is 32.2. The molecule has 2 nitrogen and oxygen atoms in total. The number of nitriles is 1. The molecule has 1 rings (SSSR count). The fourth-order valence-corrected chi connectivity index (χ4v) is 2.25. The molecule has 0 aliphatic rings. The minimum Gasteiger partial charge on any atom is -0.327 e. The number of rotatable bonds is 5. The lowest BCUT2D eigenvalue weighted by Crippen LogP contribution is -2.21. The summed E-state index contributed by atoms with van der Waals surface area (Å²) in [6.07, 6.45) is 1.02. The van der Waals surface area contributed by atoms with Crippen LogP contribution in [-0.4, -0.2) is 11.8 Å². The molecular formula is C12H16N2S. The van der Waals surface area contributed by atoms with Crippen LogP contribution in [0.1, 0.15) is 24.5 Å². The first kappa shape index (κ1) is 12.1. The normalized spacial score (nSPS) is 12.1. The highest BCUT2D eigenvalue weighted by molar-refractivity contribution is 7.98. The zero-order chi connectivity index (χ0) is 11.1. The van der Waals surface area contributed by atoms with Crippen molar-refractivity contribution >= 4 is 11.8 Å². The van der Waals surface area contributed by atoms with E-state index in [-0.39, 0.29) is 6.04 Å². The smallest absolute Gasteiger partial charge is 0.0991 e. The Hall–Kier alpha value is -0.980. The van der Waals surface area contributed by atoms with Crippen molar-refractivity contribution in [2.45, 2.75) is 25.1 Å². The Kier molecular flexibility index (Phi) is 5.23. The van der Waals surface area contributed by atoms with Gasteiger partial charge in [-0.2, -0.15) is 17.0 Å². The number of nitrogens with zero attached hydrogens (tertiary/aromatic N) is 1. The van der Waals surface area contributed by atoms with Crippen molar-refractivity contribution in [1.82, 2.24) is 0 Å². The third-order valence-corrected chi connectivity index (χ3v) is 3.38.